The quantitative estimate of drug-likeness (QED) is 0.314. The summed E-state index contributed by atoms with van der Waals surface area (Å²) in [5, 5.41) is 14.3. The predicted octanol–water partition coefficient (Wildman–Crippen LogP) is 0.110. The summed E-state index contributed by atoms with van der Waals surface area (Å²) in [7, 11) is 0. The number of nitrogens with two attached hydrogens (primary N) is 2. The summed E-state index contributed by atoms with van der Waals surface area (Å²) in [6.07, 6.45) is 1.01. The van der Waals surface area contributed by atoms with Gasteiger partial charge in [0.25, 0.3) is 5.91 Å². The van der Waals surface area contributed by atoms with Crippen LogP contribution in [0.25, 0.3) is 0 Å². The third kappa shape index (κ3) is 6.40. The van der Waals surface area contributed by atoms with Crippen LogP contribution in [0, 0.1) is 0 Å². The SMILES string of the molecule is NC(N)=Nc1ncc(C(=O)NCC(=O)NC(CC(=O)O)c2ccccc2)s1. The Morgan fingerprint density at radius 2 is 1.93 bits per heavy atom. The van der Waals surface area contributed by atoms with Crippen LogP contribution in [0.3, 0.4) is 0 Å². The average Bonchev–Trinajstić information content (AvgIpc) is 3.07. The zero-order chi connectivity index (χ0) is 19.8. The van der Waals surface area contributed by atoms with E-state index in [0.717, 1.165) is 11.3 Å². The highest BCUT2D eigenvalue weighted by atomic mass is 32.1. The third-order valence-corrected chi connectivity index (χ3v) is 4.16. The molecule has 1 unspecified atom stereocenters. The fourth-order valence-corrected chi connectivity index (χ4v) is 2.86. The van der Waals surface area contributed by atoms with Crippen molar-refractivity contribution in [3.05, 3.63) is 47.0 Å². The molecule has 0 saturated heterocycles. The van der Waals surface area contributed by atoms with Gasteiger partial charge in [-0.3, -0.25) is 14.4 Å². The number of carboxylic acids is 1. The van der Waals surface area contributed by atoms with Crippen LogP contribution in [0.15, 0.2) is 41.5 Å². The van der Waals surface area contributed by atoms with Crippen LogP contribution < -0.4 is 22.1 Å². The van der Waals surface area contributed by atoms with E-state index in [0.29, 0.717) is 5.56 Å². The van der Waals surface area contributed by atoms with E-state index in [2.05, 4.69) is 20.6 Å². The second-order valence-electron chi connectivity index (χ2n) is 5.36. The van der Waals surface area contributed by atoms with Crippen LogP contribution in [-0.2, 0) is 9.59 Å². The lowest BCUT2D eigenvalue weighted by Crippen LogP contribution is -2.39. The number of carbonyl (C=O) groups excluding carboxylic acids is 2. The Morgan fingerprint density at radius 1 is 1.22 bits per heavy atom. The molecule has 0 fully saturated rings. The number of nitrogens with zero attached hydrogens (tertiary/aromatic N) is 2. The molecule has 11 heteroatoms. The fraction of sp³-hybridized carbons (Fsp3) is 0.188. The van der Waals surface area contributed by atoms with E-state index in [-0.39, 0.29) is 28.9 Å². The number of hydrogen-bond acceptors (Lipinski definition) is 6. The van der Waals surface area contributed by atoms with Gasteiger partial charge in [0.05, 0.1) is 25.2 Å². The van der Waals surface area contributed by atoms with Crippen LogP contribution in [0.5, 0.6) is 0 Å². The van der Waals surface area contributed by atoms with E-state index in [1.165, 1.54) is 6.20 Å². The highest BCUT2D eigenvalue weighted by Crippen LogP contribution is 2.20. The van der Waals surface area contributed by atoms with Crippen molar-refractivity contribution in [2.45, 2.75) is 12.5 Å². The molecule has 0 aliphatic heterocycles. The molecule has 0 bridgehead atoms. The maximum atomic E-state index is 12.1. The Balaban J connectivity index is 1.93. The number of nitrogens with one attached hydrogen (secondary N) is 2. The van der Waals surface area contributed by atoms with Crippen LogP contribution >= 0.6 is 11.3 Å². The first kappa shape index (κ1) is 19.8. The van der Waals surface area contributed by atoms with Crippen molar-refractivity contribution < 1.29 is 19.5 Å². The molecule has 0 aliphatic carbocycles. The minimum Gasteiger partial charge on any atom is -0.481 e. The lowest BCUT2D eigenvalue weighted by molar-refractivity contribution is -0.137. The molecule has 10 nitrogen and oxygen atoms in total. The third-order valence-electron chi connectivity index (χ3n) is 3.27. The van der Waals surface area contributed by atoms with E-state index >= 15 is 0 Å². The van der Waals surface area contributed by atoms with Gasteiger partial charge in [-0.15, -0.1) is 0 Å². The number of thiazole rings is 1. The van der Waals surface area contributed by atoms with Gasteiger partial charge in [0.1, 0.15) is 4.88 Å². The predicted molar refractivity (Wildman–Crippen MR) is 99.5 cm³/mol. The molecule has 0 aliphatic rings. The van der Waals surface area contributed by atoms with Gasteiger partial charge in [-0.25, -0.2) is 4.98 Å². The minimum atomic E-state index is -1.05. The second-order valence-corrected chi connectivity index (χ2v) is 6.36. The summed E-state index contributed by atoms with van der Waals surface area (Å²) in [5.74, 6) is -2.27. The Hall–Kier alpha value is -3.47. The van der Waals surface area contributed by atoms with Gasteiger partial charge < -0.3 is 27.2 Å². The number of guanidine groups is 1. The van der Waals surface area contributed by atoms with Crippen molar-refractivity contribution in [2.75, 3.05) is 6.54 Å². The number of hydrogen-bond donors (Lipinski definition) is 5. The summed E-state index contributed by atoms with van der Waals surface area (Å²) in [6.45, 7) is -0.322. The maximum absolute atomic E-state index is 12.1. The van der Waals surface area contributed by atoms with Crippen LogP contribution in [-0.4, -0.2) is 40.4 Å². The first-order valence-corrected chi connectivity index (χ1v) is 8.56. The van der Waals surface area contributed by atoms with Gasteiger partial charge in [0, 0.05) is 0 Å². The summed E-state index contributed by atoms with van der Waals surface area (Å²) in [5.41, 5.74) is 11.1. The van der Waals surface area contributed by atoms with Crippen LogP contribution in [0.1, 0.15) is 27.7 Å². The molecule has 2 amide bonds. The molecule has 142 valence electrons. The molecule has 1 atom stereocenters. The molecular weight excluding hydrogens is 372 g/mol. The van der Waals surface area contributed by atoms with Gasteiger partial charge in [-0.2, -0.15) is 4.99 Å². The number of carbonyl (C=O) groups is 3. The lowest BCUT2D eigenvalue weighted by Gasteiger charge is -2.17. The summed E-state index contributed by atoms with van der Waals surface area (Å²) >= 11 is 0.960. The van der Waals surface area contributed by atoms with E-state index in [1.54, 1.807) is 30.3 Å². The Morgan fingerprint density at radius 3 is 2.56 bits per heavy atom. The second kappa shape index (κ2) is 9.29. The number of aliphatic carboxylic acids is 1. The van der Waals surface area contributed by atoms with Crippen molar-refractivity contribution in [3.8, 4) is 0 Å². The Bertz CT molecular complexity index is 848. The molecule has 0 spiro atoms. The van der Waals surface area contributed by atoms with Crippen molar-refractivity contribution in [1.82, 2.24) is 15.6 Å². The standard InChI is InChI=1S/C16H18N6O4S/c17-15(18)22-16-20-7-11(27-16)14(26)19-8-12(23)21-10(6-13(24)25)9-4-2-1-3-5-9/h1-5,7,10H,6,8H2,(H,19,26)(H,21,23)(H,24,25)(H4,17,18,20,22). The first-order chi connectivity index (χ1) is 12.8. The van der Waals surface area contributed by atoms with E-state index in [9.17, 15) is 14.4 Å². The van der Waals surface area contributed by atoms with Crippen molar-refractivity contribution in [1.29, 1.82) is 0 Å². The fourth-order valence-electron chi connectivity index (χ4n) is 2.14. The molecule has 1 aromatic carbocycles. The van der Waals surface area contributed by atoms with E-state index in [1.807, 2.05) is 0 Å². The summed E-state index contributed by atoms with van der Waals surface area (Å²) < 4.78 is 0. The number of aromatic nitrogens is 1. The average molecular weight is 390 g/mol. The smallest absolute Gasteiger partial charge is 0.305 e. The van der Waals surface area contributed by atoms with Gasteiger partial charge in [-0.05, 0) is 5.56 Å². The molecule has 2 aromatic rings. The van der Waals surface area contributed by atoms with Crippen molar-refractivity contribution in [2.24, 2.45) is 16.5 Å². The summed E-state index contributed by atoms with van der Waals surface area (Å²) in [6, 6.07) is 8.01. The lowest BCUT2D eigenvalue weighted by atomic mass is 10.0. The van der Waals surface area contributed by atoms with Crippen molar-refractivity contribution in [3.63, 3.8) is 0 Å². The van der Waals surface area contributed by atoms with Crippen LogP contribution in [0.4, 0.5) is 5.13 Å². The molecule has 0 saturated carbocycles. The van der Waals surface area contributed by atoms with Gasteiger partial charge >= 0.3 is 5.97 Å². The van der Waals surface area contributed by atoms with Gasteiger partial charge in [-0.1, -0.05) is 41.7 Å². The minimum absolute atomic E-state index is 0.180. The number of carboxylic acid groups (broad SMARTS) is 1. The topological polar surface area (TPSA) is 173 Å². The number of aliphatic imine (C=N–C) groups is 1. The van der Waals surface area contributed by atoms with Crippen molar-refractivity contribution >= 4 is 40.2 Å². The number of benzene rings is 1. The largest absolute Gasteiger partial charge is 0.481 e. The van der Waals surface area contributed by atoms with Gasteiger partial charge in [0.2, 0.25) is 11.0 Å². The number of rotatable bonds is 8. The van der Waals surface area contributed by atoms with E-state index in [4.69, 9.17) is 16.6 Å². The summed E-state index contributed by atoms with van der Waals surface area (Å²) in [4.78, 5) is 43.0. The molecule has 7 N–H and O–H groups in total. The maximum Gasteiger partial charge on any atom is 0.305 e. The molecule has 1 heterocycles. The van der Waals surface area contributed by atoms with Gasteiger partial charge in [0.15, 0.2) is 5.96 Å². The van der Waals surface area contributed by atoms with Crippen LogP contribution in [0.2, 0.25) is 0 Å². The monoisotopic (exact) mass is 390 g/mol. The molecular formula is C16H18N6O4S. The Labute approximate surface area is 158 Å². The Kier molecular flexibility index (Phi) is 6.83. The highest BCUT2D eigenvalue weighted by molar-refractivity contribution is 7.17. The number of amides is 2. The zero-order valence-corrected chi connectivity index (χ0v) is 14.9. The molecule has 2 rings (SSSR count). The molecule has 27 heavy (non-hydrogen) atoms. The first-order valence-electron chi connectivity index (χ1n) is 7.75. The van der Waals surface area contributed by atoms with E-state index < -0.39 is 23.8 Å². The zero-order valence-electron chi connectivity index (χ0n) is 14.1. The molecule has 1 aromatic heterocycles. The highest BCUT2D eigenvalue weighted by Gasteiger charge is 2.19. The normalized spacial score (nSPS) is 11.3. The molecule has 0 radical (unpaired) electrons.